The van der Waals surface area contributed by atoms with Gasteiger partial charge in [0.2, 0.25) is 0 Å². The van der Waals surface area contributed by atoms with Gasteiger partial charge in [0.15, 0.2) is 0 Å². The summed E-state index contributed by atoms with van der Waals surface area (Å²) >= 11 is 5.87. The Hall–Kier alpha value is -1.37. The quantitative estimate of drug-likeness (QED) is 0.437. The summed E-state index contributed by atoms with van der Waals surface area (Å²) in [6.45, 7) is 5.11. The molecule has 1 aromatic rings. The molecule has 1 unspecified atom stereocenters. The Morgan fingerprint density at radius 1 is 1.43 bits per heavy atom. The van der Waals surface area contributed by atoms with Crippen LogP contribution in [0.3, 0.4) is 0 Å². The van der Waals surface area contributed by atoms with E-state index in [9.17, 15) is 4.79 Å². The fourth-order valence-electron chi connectivity index (χ4n) is 2.58. The fourth-order valence-corrected chi connectivity index (χ4v) is 2.79. The van der Waals surface area contributed by atoms with E-state index in [0.29, 0.717) is 11.4 Å². The number of halogens is 1. The summed E-state index contributed by atoms with van der Waals surface area (Å²) in [5.41, 5.74) is 2.85. The van der Waals surface area contributed by atoms with Gasteiger partial charge in [-0.3, -0.25) is 4.79 Å². The number of hydrogen-bond acceptors (Lipinski definition) is 5. The molecule has 4 N–H and O–H groups in total. The minimum atomic E-state index is -0.166. The highest BCUT2D eigenvalue weighted by molar-refractivity contribution is 6.29. The molecule has 0 aromatic carbocycles. The predicted molar refractivity (Wildman–Crippen MR) is 84.3 cm³/mol. The second-order valence-electron chi connectivity index (χ2n) is 5.44. The Morgan fingerprint density at radius 2 is 2.14 bits per heavy atom. The molecule has 116 valence electrons. The van der Waals surface area contributed by atoms with Gasteiger partial charge >= 0.3 is 0 Å². The largest absolute Gasteiger partial charge is 0.348 e. The van der Waals surface area contributed by atoms with E-state index in [1.54, 1.807) is 6.07 Å². The SMILES string of the molecule is CC(CN1CCCCC1)NC(=O)c1cc(Cl)nc(NN)c1. The molecule has 7 heteroatoms. The predicted octanol–water partition coefficient (Wildman–Crippen LogP) is 1.62. The first-order chi connectivity index (χ1) is 10.1. The molecule has 0 spiro atoms. The average Bonchev–Trinajstić information content (AvgIpc) is 2.47. The van der Waals surface area contributed by atoms with Crippen LogP contribution in [0, 0.1) is 0 Å². The molecular formula is C14H22ClN5O. The van der Waals surface area contributed by atoms with Gasteiger partial charge in [-0.05, 0) is 45.0 Å². The van der Waals surface area contributed by atoms with Gasteiger partial charge in [0.05, 0.1) is 0 Å². The minimum Gasteiger partial charge on any atom is -0.348 e. The Kier molecular flexibility index (Phi) is 5.78. The molecule has 0 saturated carbocycles. The van der Waals surface area contributed by atoms with Crippen molar-refractivity contribution in [2.45, 2.75) is 32.2 Å². The average molecular weight is 312 g/mol. The smallest absolute Gasteiger partial charge is 0.251 e. The summed E-state index contributed by atoms with van der Waals surface area (Å²) in [6, 6.07) is 3.19. The van der Waals surface area contributed by atoms with Crippen LogP contribution in [-0.2, 0) is 0 Å². The third-order valence-corrected chi connectivity index (χ3v) is 3.76. The van der Waals surface area contributed by atoms with Crippen LogP contribution in [0.5, 0.6) is 0 Å². The fraction of sp³-hybridized carbons (Fsp3) is 0.571. The highest BCUT2D eigenvalue weighted by Crippen LogP contribution is 2.14. The number of likely N-dealkylation sites (tertiary alicyclic amines) is 1. The van der Waals surface area contributed by atoms with E-state index >= 15 is 0 Å². The number of carbonyl (C=O) groups excluding carboxylic acids is 1. The second-order valence-corrected chi connectivity index (χ2v) is 5.83. The van der Waals surface area contributed by atoms with Gasteiger partial charge < -0.3 is 15.6 Å². The maximum atomic E-state index is 12.2. The van der Waals surface area contributed by atoms with Crippen molar-refractivity contribution in [1.29, 1.82) is 0 Å². The van der Waals surface area contributed by atoms with E-state index in [1.807, 2.05) is 6.92 Å². The number of carbonyl (C=O) groups is 1. The molecular weight excluding hydrogens is 290 g/mol. The molecule has 6 nitrogen and oxygen atoms in total. The number of piperidine rings is 1. The Bertz CT molecular complexity index is 490. The van der Waals surface area contributed by atoms with Crippen LogP contribution in [0.4, 0.5) is 5.82 Å². The van der Waals surface area contributed by atoms with Crippen LogP contribution < -0.4 is 16.6 Å². The maximum Gasteiger partial charge on any atom is 0.251 e. The monoisotopic (exact) mass is 311 g/mol. The molecule has 2 heterocycles. The van der Waals surface area contributed by atoms with Gasteiger partial charge in [-0.25, -0.2) is 10.8 Å². The summed E-state index contributed by atoms with van der Waals surface area (Å²) in [5, 5.41) is 3.22. The van der Waals surface area contributed by atoms with Crippen molar-refractivity contribution < 1.29 is 4.79 Å². The highest BCUT2D eigenvalue weighted by Gasteiger charge is 2.16. The molecule has 1 atom stereocenters. The van der Waals surface area contributed by atoms with Crippen molar-refractivity contribution in [2.24, 2.45) is 5.84 Å². The lowest BCUT2D eigenvalue weighted by Gasteiger charge is -2.29. The molecule has 0 bridgehead atoms. The topological polar surface area (TPSA) is 83.3 Å². The van der Waals surface area contributed by atoms with Gasteiger partial charge in [0.1, 0.15) is 11.0 Å². The van der Waals surface area contributed by atoms with Gasteiger partial charge in [0.25, 0.3) is 5.91 Å². The van der Waals surface area contributed by atoms with Crippen molar-refractivity contribution in [1.82, 2.24) is 15.2 Å². The van der Waals surface area contributed by atoms with Crippen molar-refractivity contribution in [3.8, 4) is 0 Å². The van der Waals surface area contributed by atoms with Gasteiger partial charge in [0, 0.05) is 18.2 Å². The first-order valence-electron chi connectivity index (χ1n) is 7.26. The molecule has 1 aromatic heterocycles. The van der Waals surface area contributed by atoms with E-state index in [2.05, 4.69) is 20.6 Å². The van der Waals surface area contributed by atoms with Crippen molar-refractivity contribution in [3.63, 3.8) is 0 Å². The molecule has 2 rings (SSSR count). The molecule has 1 amide bonds. The lowest BCUT2D eigenvalue weighted by atomic mass is 10.1. The summed E-state index contributed by atoms with van der Waals surface area (Å²) in [7, 11) is 0. The van der Waals surface area contributed by atoms with E-state index in [4.69, 9.17) is 17.4 Å². The highest BCUT2D eigenvalue weighted by atomic mass is 35.5. The molecule has 0 radical (unpaired) electrons. The zero-order chi connectivity index (χ0) is 15.2. The summed E-state index contributed by atoms with van der Waals surface area (Å²) in [6.07, 6.45) is 3.79. The van der Waals surface area contributed by atoms with E-state index < -0.39 is 0 Å². The molecule has 0 aliphatic carbocycles. The number of hydrogen-bond donors (Lipinski definition) is 3. The summed E-state index contributed by atoms with van der Waals surface area (Å²) in [4.78, 5) is 18.6. The maximum absolute atomic E-state index is 12.2. The number of amides is 1. The van der Waals surface area contributed by atoms with E-state index in [1.165, 1.54) is 25.3 Å². The lowest BCUT2D eigenvalue weighted by Crippen LogP contribution is -2.43. The van der Waals surface area contributed by atoms with Crippen molar-refractivity contribution in [2.75, 3.05) is 25.1 Å². The molecule has 1 fully saturated rings. The zero-order valence-electron chi connectivity index (χ0n) is 12.2. The number of pyridine rings is 1. The number of nitrogens with zero attached hydrogens (tertiary/aromatic N) is 2. The normalized spacial score (nSPS) is 17.3. The zero-order valence-corrected chi connectivity index (χ0v) is 13.0. The summed E-state index contributed by atoms with van der Waals surface area (Å²) < 4.78 is 0. The first kappa shape index (κ1) is 16.0. The van der Waals surface area contributed by atoms with Gasteiger partial charge in [-0.15, -0.1) is 0 Å². The number of aromatic nitrogens is 1. The van der Waals surface area contributed by atoms with Crippen LogP contribution in [-0.4, -0.2) is 41.5 Å². The van der Waals surface area contributed by atoms with Crippen LogP contribution >= 0.6 is 11.6 Å². The molecule has 1 aliphatic rings. The Balaban J connectivity index is 1.92. The first-order valence-corrected chi connectivity index (χ1v) is 7.63. The van der Waals surface area contributed by atoms with Crippen LogP contribution in [0.25, 0.3) is 0 Å². The van der Waals surface area contributed by atoms with Crippen LogP contribution in [0.2, 0.25) is 5.15 Å². The number of rotatable bonds is 5. The Morgan fingerprint density at radius 3 is 2.81 bits per heavy atom. The van der Waals surface area contributed by atoms with Crippen molar-refractivity contribution >= 4 is 23.3 Å². The molecule has 1 aliphatic heterocycles. The van der Waals surface area contributed by atoms with E-state index in [0.717, 1.165) is 19.6 Å². The summed E-state index contributed by atoms with van der Waals surface area (Å²) in [5.74, 6) is 5.51. The van der Waals surface area contributed by atoms with Crippen molar-refractivity contribution in [3.05, 3.63) is 22.8 Å². The standard InChI is InChI=1S/C14H22ClN5O/c1-10(9-20-5-3-2-4-6-20)17-14(21)11-7-12(15)18-13(8-11)19-16/h7-8,10H,2-6,9,16H2,1H3,(H,17,21)(H,18,19). The number of nitrogen functional groups attached to an aromatic ring is 1. The number of nitrogens with one attached hydrogen (secondary N) is 2. The third-order valence-electron chi connectivity index (χ3n) is 3.56. The van der Waals surface area contributed by atoms with Gasteiger partial charge in [-0.2, -0.15) is 0 Å². The third kappa shape index (κ3) is 4.84. The van der Waals surface area contributed by atoms with Gasteiger partial charge in [-0.1, -0.05) is 18.0 Å². The minimum absolute atomic E-state index is 0.0804. The molecule has 21 heavy (non-hydrogen) atoms. The number of nitrogens with two attached hydrogens (primary N) is 1. The molecule has 1 saturated heterocycles. The number of anilines is 1. The second kappa shape index (κ2) is 7.59. The lowest BCUT2D eigenvalue weighted by molar-refractivity contribution is 0.0925. The van der Waals surface area contributed by atoms with E-state index in [-0.39, 0.29) is 17.1 Å². The number of hydrazine groups is 1. The Labute approximate surface area is 130 Å². The van der Waals surface area contributed by atoms with Crippen LogP contribution in [0.1, 0.15) is 36.5 Å². The van der Waals surface area contributed by atoms with Crippen LogP contribution in [0.15, 0.2) is 12.1 Å².